The zero-order valence-corrected chi connectivity index (χ0v) is 18.6. The van der Waals surface area contributed by atoms with Gasteiger partial charge in [0.05, 0.1) is 36.8 Å². The monoisotopic (exact) mass is 446 g/mol. The minimum absolute atomic E-state index is 0.0299. The minimum atomic E-state index is -1.06. The number of likely N-dealkylation sites (tertiary alicyclic amines) is 1. The molecule has 3 heterocycles. The Bertz CT molecular complexity index is 1010. The van der Waals surface area contributed by atoms with Gasteiger partial charge in [0.2, 0.25) is 5.91 Å². The van der Waals surface area contributed by atoms with Crippen molar-refractivity contribution in [3.63, 3.8) is 0 Å². The molecule has 2 saturated heterocycles. The number of fused-ring (bicyclic) bond motifs is 2. The second-order valence-corrected chi connectivity index (χ2v) is 10.2. The van der Waals surface area contributed by atoms with Crippen LogP contribution < -0.4 is 4.74 Å². The van der Waals surface area contributed by atoms with Gasteiger partial charge in [-0.25, -0.2) is 9.78 Å². The van der Waals surface area contributed by atoms with Crippen LogP contribution in [0.25, 0.3) is 10.6 Å². The lowest BCUT2D eigenvalue weighted by molar-refractivity contribution is -0.144. The number of carbonyl (C=O) groups excluding carboxylic acids is 1. The molecular formula is C22H26N2O6S. The molecule has 0 saturated carbocycles. The average Bonchev–Trinajstić information content (AvgIpc) is 3.39. The second kappa shape index (κ2) is 7.89. The van der Waals surface area contributed by atoms with Gasteiger partial charge in [0.15, 0.2) is 0 Å². The van der Waals surface area contributed by atoms with Crippen LogP contribution >= 0.6 is 11.3 Å². The third kappa shape index (κ3) is 4.73. The maximum absolute atomic E-state index is 12.6. The van der Waals surface area contributed by atoms with Gasteiger partial charge in [0.25, 0.3) is 0 Å². The van der Waals surface area contributed by atoms with E-state index in [9.17, 15) is 19.8 Å². The van der Waals surface area contributed by atoms with Crippen LogP contribution in [0.5, 0.6) is 5.75 Å². The van der Waals surface area contributed by atoms with Crippen molar-refractivity contribution in [1.29, 1.82) is 0 Å². The molecule has 2 N–H and O–H groups in total. The highest BCUT2D eigenvalue weighted by molar-refractivity contribution is 7.14. The van der Waals surface area contributed by atoms with Crippen molar-refractivity contribution in [2.75, 3.05) is 19.8 Å². The number of rotatable bonds is 7. The number of ether oxygens (including phenoxy) is 2. The summed E-state index contributed by atoms with van der Waals surface area (Å²) in [6.45, 7) is 6.20. The molecule has 2 aliphatic heterocycles. The lowest BCUT2D eigenvalue weighted by Crippen LogP contribution is -2.49. The predicted octanol–water partition coefficient (Wildman–Crippen LogP) is 2.73. The normalized spacial score (nSPS) is 22.7. The fourth-order valence-electron chi connectivity index (χ4n) is 4.11. The highest BCUT2D eigenvalue weighted by Crippen LogP contribution is 2.39. The number of morpholine rings is 1. The Labute approximate surface area is 184 Å². The topological polar surface area (TPSA) is 109 Å². The summed E-state index contributed by atoms with van der Waals surface area (Å²) < 4.78 is 12.0. The molecule has 4 rings (SSSR count). The number of nitrogens with zero attached hydrogens (tertiary/aromatic N) is 2. The van der Waals surface area contributed by atoms with Crippen molar-refractivity contribution in [1.82, 2.24) is 9.88 Å². The number of carbonyl (C=O) groups is 2. The Balaban J connectivity index is 1.49. The number of benzene rings is 1. The fourth-order valence-corrected chi connectivity index (χ4v) is 4.86. The van der Waals surface area contributed by atoms with Crippen LogP contribution in [-0.4, -0.2) is 69.0 Å². The molecule has 2 bridgehead atoms. The van der Waals surface area contributed by atoms with Crippen LogP contribution in [0.4, 0.5) is 0 Å². The van der Waals surface area contributed by atoms with Gasteiger partial charge in [0.1, 0.15) is 23.0 Å². The standard InChI is InChI=1S/C22H26N2O6S/c1-13-9-23-19(31-13)14-4-15(20(26)27)6-17(5-14)29-12-22-7-16(10-30-22)24(11-22)18(25)8-21(2,3)28/h4-6,9,16,28H,7-8,10-12H2,1-3H3,(H,26,27). The first kappa shape index (κ1) is 21.7. The first-order valence-corrected chi connectivity index (χ1v) is 11.0. The van der Waals surface area contributed by atoms with Gasteiger partial charge < -0.3 is 24.6 Å². The lowest BCUT2D eigenvalue weighted by atomic mass is 10.0. The van der Waals surface area contributed by atoms with Crippen LogP contribution in [-0.2, 0) is 9.53 Å². The van der Waals surface area contributed by atoms with E-state index in [0.29, 0.717) is 30.9 Å². The van der Waals surface area contributed by atoms with Gasteiger partial charge >= 0.3 is 5.97 Å². The minimum Gasteiger partial charge on any atom is -0.490 e. The molecule has 1 aromatic heterocycles. The zero-order chi connectivity index (χ0) is 22.4. The highest BCUT2D eigenvalue weighted by Gasteiger charge is 2.53. The number of aliphatic hydroxyl groups is 1. The van der Waals surface area contributed by atoms with Crippen molar-refractivity contribution < 1.29 is 29.3 Å². The third-order valence-electron chi connectivity index (χ3n) is 5.52. The molecule has 8 nitrogen and oxygen atoms in total. The molecule has 31 heavy (non-hydrogen) atoms. The van der Waals surface area contributed by atoms with Crippen molar-refractivity contribution in [3.05, 3.63) is 34.8 Å². The highest BCUT2D eigenvalue weighted by atomic mass is 32.1. The number of hydrogen-bond acceptors (Lipinski definition) is 7. The molecule has 2 fully saturated rings. The summed E-state index contributed by atoms with van der Waals surface area (Å²) in [4.78, 5) is 31.3. The van der Waals surface area contributed by atoms with E-state index < -0.39 is 17.2 Å². The van der Waals surface area contributed by atoms with Gasteiger partial charge in [0, 0.05) is 23.1 Å². The molecule has 1 aromatic carbocycles. The molecule has 1 amide bonds. The Hall–Kier alpha value is -2.49. The Morgan fingerprint density at radius 3 is 2.81 bits per heavy atom. The van der Waals surface area contributed by atoms with Crippen molar-refractivity contribution in [2.45, 2.75) is 50.9 Å². The van der Waals surface area contributed by atoms with Crippen LogP contribution in [0.1, 0.15) is 41.9 Å². The van der Waals surface area contributed by atoms with Gasteiger partial charge in [-0.3, -0.25) is 4.79 Å². The number of carboxylic acid groups (broad SMARTS) is 1. The van der Waals surface area contributed by atoms with E-state index in [-0.39, 0.29) is 30.5 Å². The SMILES string of the molecule is Cc1cnc(-c2cc(OCC34CC(CO3)N(C(=O)CC(C)(C)O)C4)cc(C(=O)O)c2)s1. The van der Waals surface area contributed by atoms with Crippen molar-refractivity contribution in [3.8, 4) is 16.3 Å². The van der Waals surface area contributed by atoms with Crippen LogP contribution in [0, 0.1) is 6.92 Å². The summed E-state index contributed by atoms with van der Waals surface area (Å²) >= 11 is 1.48. The number of carboxylic acids is 1. The molecule has 0 aliphatic carbocycles. The summed E-state index contributed by atoms with van der Waals surface area (Å²) in [5.74, 6) is -0.720. The average molecular weight is 447 g/mol. The van der Waals surface area contributed by atoms with E-state index in [2.05, 4.69) is 4.98 Å². The maximum Gasteiger partial charge on any atom is 0.335 e. The van der Waals surface area contributed by atoms with E-state index in [1.165, 1.54) is 17.4 Å². The molecule has 166 valence electrons. The number of aromatic carboxylic acids is 1. The van der Waals surface area contributed by atoms with Crippen LogP contribution in [0.15, 0.2) is 24.4 Å². The molecule has 9 heteroatoms. The summed E-state index contributed by atoms with van der Waals surface area (Å²) in [7, 11) is 0. The molecule has 2 aromatic rings. The number of hydrogen-bond donors (Lipinski definition) is 2. The molecule has 2 aliphatic rings. The van der Waals surface area contributed by atoms with Crippen molar-refractivity contribution in [2.24, 2.45) is 0 Å². The van der Waals surface area contributed by atoms with Crippen LogP contribution in [0.2, 0.25) is 0 Å². The molecular weight excluding hydrogens is 420 g/mol. The van der Waals surface area contributed by atoms with E-state index in [1.807, 2.05) is 6.92 Å². The maximum atomic E-state index is 12.6. The smallest absolute Gasteiger partial charge is 0.335 e. The quantitative estimate of drug-likeness (QED) is 0.673. The zero-order valence-electron chi connectivity index (χ0n) is 17.8. The van der Waals surface area contributed by atoms with Crippen LogP contribution in [0.3, 0.4) is 0 Å². The van der Waals surface area contributed by atoms with E-state index in [0.717, 1.165) is 9.88 Å². The van der Waals surface area contributed by atoms with E-state index in [4.69, 9.17) is 9.47 Å². The number of aryl methyl sites for hydroxylation is 1. The number of aromatic nitrogens is 1. The van der Waals surface area contributed by atoms with Gasteiger partial charge in [-0.15, -0.1) is 11.3 Å². The summed E-state index contributed by atoms with van der Waals surface area (Å²) in [6, 6.07) is 4.82. The molecule has 0 radical (unpaired) electrons. The Kier molecular flexibility index (Phi) is 5.53. The fraction of sp³-hybridized carbons (Fsp3) is 0.500. The van der Waals surface area contributed by atoms with Gasteiger partial charge in [-0.2, -0.15) is 0 Å². The Morgan fingerprint density at radius 1 is 1.39 bits per heavy atom. The third-order valence-corrected chi connectivity index (χ3v) is 6.48. The van der Waals surface area contributed by atoms with E-state index >= 15 is 0 Å². The largest absolute Gasteiger partial charge is 0.490 e. The van der Waals surface area contributed by atoms with Gasteiger partial charge in [-0.1, -0.05) is 0 Å². The first-order valence-electron chi connectivity index (χ1n) is 10.1. The lowest BCUT2D eigenvalue weighted by Gasteiger charge is -2.34. The second-order valence-electron chi connectivity index (χ2n) is 8.98. The van der Waals surface area contributed by atoms with E-state index in [1.54, 1.807) is 37.1 Å². The van der Waals surface area contributed by atoms with Crippen molar-refractivity contribution >= 4 is 23.2 Å². The summed E-state index contributed by atoms with van der Waals surface area (Å²) in [5.41, 5.74) is -0.886. The molecule has 2 atom stereocenters. The predicted molar refractivity (Wildman–Crippen MR) is 114 cm³/mol. The number of amides is 1. The summed E-state index contributed by atoms with van der Waals surface area (Å²) in [6.07, 6.45) is 2.46. The first-order chi connectivity index (χ1) is 14.5. The number of thiazole rings is 1. The van der Waals surface area contributed by atoms with Gasteiger partial charge in [-0.05, 0) is 39.0 Å². The Morgan fingerprint density at radius 2 is 2.16 bits per heavy atom. The molecule has 2 unspecified atom stereocenters. The summed E-state index contributed by atoms with van der Waals surface area (Å²) in [5, 5.41) is 20.2. The molecule has 0 spiro atoms.